The number of carbonyl (C=O) groups excluding carboxylic acids is 2. The van der Waals surface area contributed by atoms with Crippen molar-refractivity contribution >= 4 is 11.9 Å². The number of hydrogen-bond donors (Lipinski definition) is 2. The molecule has 0 radical (unpaired) electrons. The fourth-order valence-corrected chi connectivity index (χ4v) is 1.51. The van der Waals surface area contributed by atoms with E-state index in [1.165, 1.54) is 0 Å². The first-order valence-corrected chi connectivity index (χ1v) is 4.90. The number of nitrogens with one attached hydrogen (secondary N) is 2. The van der Waals surface area contributed by atoms with E-state index in [0.29, 0.717) is 13.0 Å². The lowest BCUT2D eigenvalue weighted by Crippen LogP contribution is -2.53. The van der Waals surface area contributed by atoms with Crippen LogP contribution in [0.25, 0.3) is 0 Å². The summed E-state index contributed by atoms with van der Waals surface area (Å²) in [4.78, 5) is 24.0. The van der Waals surface area contributed by atoms with Crippen LogP contribution in [0.1, 0.15) is 19.8 Å². The molecule has 0 aromatic rings. The Balaban J connectivity index is 2.43. The van der Waals surface area contributed by atoms with Gasteiger partial charge in [-0.25, -0.2) is 4.79 Å². The molecule has 0 aromatic heterocycles. The highest BCUT2D eigenvalue weighted by Gasteiger charge is 2.26. The van der Waals surface area contributed by atoms with E-state index in [0.717, 1.165) is 13.0 Å². The number of rotatable bonds is 4. The van der Waals surface area contributed by atoms with Gasteiger partial charge in [-0.1, -0.05) is 0 Å². The van der Waals surface area contributed by atoms with Crippen LogP contribution in [0.3, 0.4) is 0 Å². The van der Waals surface area contributed by atoms with Crippen LogP contribution in [0.15, 0.2) is 0 Å². The lowest BCUT2D eigenvalue weighted by atomic mass is 10.2. The van der Waals surface area contributed by atoms with Gasteiger partial charge in [-0.3, -0.25) is 10.1 Å². The number of imide groups is 1. The van der Waals surface area contributed by atoms with Gasteiger partial charge in [0.05, 0.1) is 0 Å². The highest BCUT2D eigenvalue weighted by Crippen LogP contribution is 2.08. The number of urea groups is 1. The molecule has 5 heteroatoms. The molecule has 0 spiro atoms. The van der Waals surface area contributed by atoms with Crippen LogP contribution in [0.5, 0.6) is 0 Å². The summed E-state index contributed by atoms with van der Waals surface area (Å²) in [7, 11) is 1.88. The van der Waals surface area contributed by atoms with E-state index in [1.54, 1.807) is 4.90 Å². The zero-order valence-corrected chi connectivity index (χ0v) is 8.67. The first-order valence-electron chi connectivity index (χ1n) is 4.90. The van der Waals surface area contributed by atoms with Crippen LogP contribution in [0.2, 0.25) is 0 Å². The molecule has 1 unspecified atom stereocenters. The minimum absolute atomic E-state index is 0.174. The summed E-state index contributed by atoms with van der Waals surface area (Å²) >= 11 is 0. The number of carbonyl (C=O) groups is 2. The molecule has 1 aliphatic rings. The van der Waals surface area contributed by atoms with Gasteiger partial charge < -0.3 is 10.2 Å². The van der Waals surface area contributed by atoms with Crippen LogP contribution < -0.4 is 10.6 Å². The van der Waals surface area contributed by atoms with Gasteiger partial charge in [0, 0.05) is 19.0 Å². The fraction of sp³-hybridized carbons (Fsp3) is 0.778. The van der Waals surface area contributed by atoms with E-state index in [9.17, 15) is 9.59 Å². The van der Waals surface area contributed by atoms with Gasteiger partial charge in [-0.15, -0.1) is 0 Å². The van der Waals surface area contributed by atoms with Crippen LogP contribution in [-0.2, 0) is 4.79 Å². The summed E-state index contributed by atoms with van der Waals surface area (Å²) in [5.41, 5.74) is 0. The zero-order chi connectivity index (χ0) is 10.6. The summed E-state index contributed by atoms with van der Waals surface area (Å²) < 4.78 is 0. The Hall–Kier alpha value is -1.10. The van der Waals surface area contributed by atoms with Crippen molar-refractivity contribution in [3.8, 4) is 0 Å². The van der Waals surface area contributed by atoms with Gasteiger partial charge in [-0.05, 0) is 26.9 Å². The van der Waals surface area contributed by atoms with E-state index in [4.69, 9.17) is 0 Å². The topological polar surface area (TPSA) is 61.4 Å². The summed E-state index contributed by atoms with van der Waals surface area (Å²) in [5.74, 6) is -0.174. The van der Waals surface area contributed by atoms with Gasteiger partial charge >= 0.3 is 6.03 Å². The molecule has 80 valence electrons. The quantitative estimate of drug-likeness (QED) is 0.666. The second kappa shape index (κ2) is 4.95. The van der Waals surface area contributed by atoms with Gasteiger partial charge in [0.25, 0.3) is 0 Å². The number of nitrogens with zero attached hydrogens (tertiary/aromatic N) is 1. The third-order valence-corrected chi connectivity index (χ3v) is 2.43. The Morgan fingerprint density at radius 3 is 2.86 bits per heavy atom. The van der Waals surface area contributed by atoms with E-state index in [-0.39, 0.29) is 18.0 Å². The predicted molar refractivity (Wildman–Crippen MR) is 52.9 cm³/mol. The number of amides is 3. The normalized spacial score (nSPS) is 19.4. The largest absolute Gasteiger partial charge is 0.324 e. The maximum absolute atomic E-state index is 11.4. The van der Waals surface area contributed by atoms with Crippen LogP contribution >= 0.6 is 0 Å². The predicted octanol–water partition coefficient (Wildman–Crippen LogP) is -0.0737. The first kappa shape index (κ1) is 11.0. The Kier molecular flexibility index (Phi) is 3.88. The van der Waals surface area contributed by atoms with E-state index in [2.05, 4.69) is 10.6 Å². The molecule has 0 aromatic carbocycles. The van der Waals surface area contributed by atoms with Crippen molar-refractivity contribution in [2.24, 2.45) is 0 Å². The fourth-order valence-electron chi connectivity index (χ4n) is 1.51. The number of hydrogen-bond acceptors (Lipinski definition) is 3. The summed E-state index contributed by atoms with van der Waals surface area (Å²) in [6, 6.07) is -0.0830. The molecule has 14 heavy (non-hydrogen) atoms. The first-order chi connectivity index (χ1) is 6.65. The van der Waals surface area contributed by atoms with Crippen molar-refractivity contribution in [1.29, 1.82) is 0 Å². The molecule has 1 saturated heterocycles. The summed E-state index contributed by atoms with van der Waals surface area (Å²) in [6.07, 6.45) is 1.31. The standard InChI is InChI=1S/C9H17N3O2/c1-7(3-5-10-2)12-6-4-8(13)11-9(12)14/h7,10H,3-6H2,1-2H3,(H,11,13,14). The van der Waals surface area contributed by atoms with Crippen LogP contribution in [-0.4, -0.2) is 43.0 Å². The van der Waals surface area contributed by atoms with Gasteiger partial charge in [-0.2, -0.15) is 0 Å². The lowest BCUT2D eigenvalue weighted by molar-refractivity contribution is -0.121. The van der Waals surface area contributed by atoms with Crippen molar-refractivity contribution in [3.05, 3.63) is 0 Å². The van der Waals surface area contributed by atoms with Gasteiger partial charge in [0.2, 0.25) is 5.91 Å². The summed E-state index contributed by atoms with van der Waals surface area (Å²) in [6.45, 7) is 3.40. The molecule has 1 atom stereocenters. The lowest BCUT2D eigenvalue weighted by Gasteiger charge is -2.32. The highest BCUT2D eigenvalue weighted by molar-refractivity contribution is 5.96. The third-order valence-electron chi connectivity index (χ3n) is 2.43. The molecule has 2 N–H and O–H groups in total. The molecule has 5 nitrogen and oxygen atoms in total. The Labute approximate surface area is 83.8 Å². The average Bonchev–Trinajstić information content (AvgIpc) is 2.14. The van der Waals surface area contributed by atoms with Crippen molar-refractivity contribution in [2.45, 2.75) is 25.8 Å². The maximum atomic E-state index is 11.4. The third kappa shape index (κ3) is 2.70. The van der Waals surface area contributed by atoms with E-state index in [1.807, 2.05) is 14.0 Å². The smallest absolute Gasteiger partial charge is 0.321 e. The zero-order valence-electron chi connectivity index (χ0n) is 8.67. The van der Waals surface area contributed by atoms with Gasteiger partial charge in [0.1, 0.15) is 0 Å². The van der Waals surface area contributed by atoms with E-state index < -0.39 is 0 Å². The maximum Gasteiger partial charge on any atom is 0.324 e. The molecular formula is C9H17N3O2. The SMILES string of the molecule is CNCCC(C)N1CCC(=O)NC1=O. The second-order valence-corrected chi connectivity index (χ2v) is 3.54. The van der Waals surface area contributed by atoms with Crippen LogP contribution in [0.4, 0.5) is 4.79 Å². The molecule has 3 amide bonds. The van der Waals surface area contributed by atoms with Crippen molar-refractivity contribution in [3.63, 3.8) is 0 Å². The molecule has 1 aliphatic heterocycles. The second-order valence-electron chi connectivity index (χ2n) is 3.54. The molecule has 1 rings (SSSR count). The highest BCUT2D eigenvalue weighted by atomic mass is 16.2. The van der Waals surface area contributed by atoms with Crippen molar-refractivity contribution in [2.75, 3.05) is 20.1 Å². The van der Waals surface area contributed by atoms with E-state index >= 15 is 0 Å². The van der Waals surface area contributed by atoms with Crippen molar-refractivity contribution in [1.82, 2.24) is 15.5 Å². The molecule has 1 fully saturated rings. The minimum Gasteiger partial charge on any atom is -0.321 e. The Morgan fingerprint density at radius 1 is 1.57 bits per heavy atom. The Morgan fingerprint density at radius 2 is 2.29 bits per heavy atom. The van der Waals surface area contributed by atoms with Crippen LogP contribution in [0, 0.1) is 0 Å². The molecule has 1 heterocycles. The average molecular weight is 199 g/mol. The minimum atomic E-state index is -0.259. The summed E-state index contributed by atoms with van der Waals surface area (Å²) in [5, 5.41) is 5.35. The van der Waals surface area contributed by atoms with Crippen molar-refractivity contribution < 1.29 is 9.59 Å². The molecule has 0 bridgehead atoms. The molecule has 0 saturated carbocycles. The van der Waals surface area contributed by atoms with Gasteiger partial charge in [0.15, 0.2) is 0 Å². The molecule has 0 aliphatic carbocycles. The molecular weight excluding hydrogens is 182 g/mol. The monoisotopic (exact) mass is 199 g/mol. The Bertz CT molecular complexity index is 230.